The summed E-state index contributed by atoms with van der Waals surface area (Å²) in [5.41, 5.74) is 5.90. The molecule has 0 aliphatic heterocycles. The van der Waals surface area contributed by atoms with Crippen molar-refractivity contribution in [3.05, 3.63) is 41.2 Å². The van der Waals surface area contributed by atoms with E-state index in [2.05, 4.69) is 28.4 Å². The Labute approximate surface area is 106 Å². The van der Waals surface area contributed by atoms with Gasteiger partial charge in [-0.1, -0.05) is 6.07 Å². The van der Waals surface area contributed by atoms with Crippen molar-refractivity contribution in [2.24, 2.45) is 5.84 Å². The Morgan fingerprint density at radius 1 is 1.11 bits per heavy atom. The number of aryl methyl sites for hydroxylation is 2. The van der Waals surface area contributed by atoms with Crippen LogP contribution in [0.15, 0.2) is 24.5 Å². The van der Waals surface area contributed by atoms with Gasteiger partial charge < -0.3 is 10.2 Å². The molecular weight excluding hydrogens is 228 g/mol. The maximum absolute atomic E-state index is 5.77. The summed E-state index contributed by atoms with van der Waals surface area (Å²) in [4.78, 5) is 7.98. The van der Waals surface area contributed by atoms with Crippen molar-refractivity contribution >= 4 is 5.82 Å². The van der Waals surface area contributed by atoms with Gasteiger partial charge in [0.25, 0.3) is 0 Å². The van der Waals surface area contributed by atoms with Crippen LogP contribution in [0.25, 0.3) is 0 Å². The van der Waals surface area contributed by atoms with Crippen molar-refractivity contribution in [1.82, 2.24) is 9.97 Å². The summed E-state index contributed by atoms with van der Waals surface area (Å²) < 4.78 is 5.77. The Hall–Kier alpha value is -2.14. The molecule has 0 saturated carbocycles. The highest BCUT2D eigenvalue weighted by Crippen LogP contribution is 2.27. The standard InChI is InChI=1S/C13H16N4O/c1-8-4-9(2)10(3)11(5-8)18-13-6-12(17-14)15-7-16-13/h4-7H,14H2,1-3H3,(H,15,16,17). The van der Waals surface area contributed by atoms with Gasteiger partial charge in [-0.2, -0.15) is 0 Å². The molecule has 1 aromatic carbocycles. The fourth-order valence-corrected chi connectivity index (χ4v) is 1.69. The van der Waals surface area contributed by atoms with E-state index >= 15 is 0 Å². The summed E-state index contributed by atoms with van der Waals surface area (Å²) in [7, 11) is 0. The average molecular weight is 244 g/mol. The van der Waals surface area contributed by atoms with Gasteiger partial charge in [0.1, 0.15) is 17.9 Å². The first kappa shape index (κ1) is 12.3. The molecule has 0 radical (unpaired) electrons. The topological polar surface area (TPSA) is 73.1 Å². The third kappa shape index (κ3) is 2.57. The van der Waals surface area contributed by atoms with Gasteiger partial charge >= 0.3 is 0 Å². The first-order valence-electron chi connectivity index (χ1n) is 5.64. The zero-order valence-corrected chi connectivity index (χ0v) is 10.7. The van der Waals surface area contributed by atoms with Gasteiger partial charge in [-0.3, -0.25) is 0 Å². The lowest BCUT2D eigenvalue weighted by molar-refractivity contribution is 0.457. The van der Waals surface area contributed by atoms with E-state index in [0.717, 1.165) is 16.9 Å². The van der Waals surface area contributed by atoms with Crippen LogP contribution in [0.3, 0.4) is 0 Å². The minimum absolute atomic E-state index is 0.464. The maximum Gasteiger partial charge on any atom is 0.224 e. The van der Waals surface area contributed by atoms with E-state index in [0.29, 0.717) is 11.7 Å². The van der Waals surface area contributed by atoms with E-state index in [-0.39, 0.29) is 0 Å². The highest BCUT2D eigenvalue weighted by molar-refractivity contribution is 5.44. The first-order chi connectivity index (χ1) is 8.60. The van der Waals surface area contributed by atoms with Crippen LogP contribution in [0.5, 0.6) is 11.6 Å². The van der Waals surface area contributed by atoms with Crippen LogP contribution in [0.2, 0.25) is 0 Å². The number of nitrogens with two attached hydrogens (primary N) is 1. The molecule has 0 amide bonds. The van der Waals surface area contributed by atoms with E-state index in [4.69, 9.17) is 10.6 Å². The number of rotatable bonds is 3. The second kappa shape index (κ2) is 5.01. The number of ether oxygens (including phenoxy) is 1. The van der Waals surface area contributed by atoms with Crippen LogP contribution >= 0.6 is 0 Å². The van der Waals surface area contributed by atoms with Crippen LogP contribution in [-0.2, 0) is 0 Å². The lowest BCUT2D eigenvalue weighted by Crippen LogP contribution is -2.08. The van der Waals surface area contributed by atoms with Gasteiger partial charge in [0, 0.05) is 6.07 Å². The Morgan fingerprint density at radius 3 is 2.61 bits per heavy atom. The lowest BCUT2D eigenvalue weighted by atomic mass is 10.1. The van der Waals surface area contributed by atoms with E-state index < -0.39 is 0 Å². The van der Waals surface area contributed by atoms with Crippen LogP contribution < -0.4 is 16.0 Å². The number of hydrogen-bond donors (Lipinski definition) is 2. The van der Waals surface area contributed by atoms with Crippen LogP contribution in [-0.4, -0.2) is 9.97 Å². The monoisotopic (exact) mass is 244 g/mol. The molecule has 0 aliphatic carbocycles. The Balaban J connectivity index is 2.33. The van der Waals surface area contributed by atoms with Crippen molar-refractivity contribution in [2.45, 2.75) is 20.8 Å². The van der Waals surface area contributed by atoms with Crippen molar-refractivity contribution in [1.29, 1.82) is 0 Å². The molecule has 5 nitrogen and oxygen atoms in total. The summed E-state index contributed by atoms with van der Waals surface area (Å²) in [6.45, 7) is 6.11. The molecule has 0 saturated heterocycles. The minimum Gasteiger partial charge on any atom is -0.439 e. The number of aromatic nitrogens is 2. The molecule has 3 N–H and O–H groups in total. The molecule has 0 atom stereocenters. The predicted octanol–water partition coefficient (Wildman–Crippen LogP) is 2.48. The van der Waals surface area contributed by atoms with Crippen molar-refractivity contribution in [2.75, 3.05) is 5.43 Å². The fourth-order valence-electron chi connectivity index (χ4n) is 1.69. The van der Waals surface area contributed by atoms with Gasteiger partial charge in [-0.15, -0.1) is 0 Å². The molecule has 94 valence electrons. The minimum atomic E-state index is 0.464. The fraction of sp³-hybridized carbons (Fsp3) is 0.231. The van der Waals surface area contributed by atoms with Gasteiger partial charge in [-0.05, 0) is 43.5 Å². The highest BCUT2D eigenvalue weighted by Gasteiger charge is 2.06. The van der Waals surface area contributed by atoms with E-state index in [9.17, 15) is 0 Å². The zero-order valence-electron chi connectivity index (χ0n) is 10.7. The predicted molar refractivity (Wildman–Crippen MR) is 70.6 cm³/mol. The molecule has 0 unspecified atom stereocenters. The SMILES string of the molecule is Cc1cc(C)c(C)c(Oc2cc(NN)ncn2)c1. The van der Waals surface area contributed by atoms with Gasteiger partial charge in [0.2, 0.25) is 5.88 Å². The lowest BCUT2D eigenvalue weighted by Gasteiger charge is -2.11. The molecule has 0 aliphatic rings. The van der Waals surface area contributed by atoms with Crippen LogP contribution in [0.4, 0.5) is 5.82 Å². The second-order valence-electron chi connectivity index (χ2n) is 4.19. The quantitative estimate of drug-likeness (QED) is 0.641. The molecule has 1 heterocycles. The van der Waals surface area contributed by atoms with Crippen LogP contribution in [0.1, 0.15) is 16.7 Å². The third-order valence-corrected chi connectivity index (χ3v) is 2.77. The number of hydrazine groups is 1. The number of anilines is 1. The summed E-state index contributed by atoms with van der Waals surface area (Å²) >= 11 is 0. The molecule has 0 bridgehead atoms. The molecule has 18 heavy (non-hydrogen) atoms. The molecule has 2 aromatic rings. The van der Waals surface area contributed by atoms with E-state index in [1.165, 1.54) is 11.9 Å². The second-order valence-corrected chi connectivity index (χ2v) is 4.19. The largest absolute Gasteiger partial charge is 0.439 e. The molecular formula is C13H16N4O. The Morgan fingerprint density at radius 2 is 1.89 bits per heavy atom. The molecule has 0 fully saturated rings. The molecule has 0 spiro atoms. The third-order valence-electron chi connectivity index (χ3n) is 2.77. The number of hydrogen-bond acceptors (Lipinski definition) is 5. The maximum atomic E-state index is 5.77. The molecule has 2 rings (SSSR count). The Bertz CT molecular complexity index is 569. The summed E-state index contributed by atoms with van der Waals surface area (Å²) in [6, 6.07) is 5.76. The molecule has 5 heteroatoms. The Kier molecular flexibility index (Phi) is 3.43. The van der Waals surface area contributed by atoms with Crippen molar-refractivity contribution in [3.63, 3.8) is 0 Å². The van der Waals surface area contributed by atoms with E-state index in [1.807, 2.05) is 19.9 Å². The number of nitrogens with zero attached hydrogens (tertiary/aromatic N) is 2. The van der Waals surface area contributed by atoms with Crippen molar-refractivity contribution in [3.8, 4) is 11.6 Å². The van der Waals surface area contributed by atoms with E-state index in [1.54, 1.807) is 6.07 Å². The number of nitrogen functional groups attached to an aromatic ring is 1. The summed E-state index contributed by atoms with van der Waals surface area (Å²) in [5.74, 6) is 7.07. The van der Waals surface area contributed by atoms with Crippen LogP contribution in [0, 0.1) is 20.8 Å². The average Bonchev–Trinajstić information content (AvgIpc) is 2.35. The van der Waals surface area contributed by atoms with Gasteiger partial charge in [-0.25, -0.2) is 15.8 Å². The van der Waals surface area contributed by atoms with Gasteiger partial charge in [0.15, 0.2) is 0 Å². The summed E-state index contributed by atoms with van der Waals surface area (Å²) in [5, 5.41) is 0. The number of nitrogens with one attached hydrogen (secondary N) is 1. The first-order valence-corrected chi connectivity index (χ1v) is 5.64. The zero-order chi connectivity index (χ0) is 13.1. The number of benzene rings is 1. The van der Waals surface area contributed by atoms with Crippen molar-refractivity contribution < 1.29 is 4.74 Å². The molecule has 1 aromatic heterocycles. The highest BCUT2D eigenvalue weighted by atomic mass is 16.5. The smallest absolute Gasteiger partial charge is 0.224 e. The van der Waals surface area contributed by atoms with Gasteiger partial charge in [0.05, 0.1) is 0 Å². The summed E-state index contributed by atoms with van der Waals surface area (Å²) in [6.07, 6.45) is 1.41. The normalized spacial score (nSPS) is 10.2.